The molecule has 0 spiro atoms. The number of hydrogen-bond donors (Lipinski definition) is 3. The van der Waals surface area contributed by atoms with Crippen molar-refractivity contribution >= 4 is 56.9 Å². The van der Waals surface area contributed by atoms with Crippen LogP contribution >= 0.6 is 11.3 Å². The van der Waals surface area contributed by atoms with Crippen LogP contribution in [0.3, 0.4) is 0 Å². The number of amides is 5. The Kier molecular flexibility index (Phi) is 14.9. The molecule has 0 aliphatic carbocycles. The highest BCUT2D eigenvalue weighted by Crippen LogP contribution is 2.30. The summed E-state index contributed by atoms with van der Waals surface area (Å²) in [6.07, 6.45) is 7.76. The second kappa shape index (κ2) is 20.9. The van der Waals surface area contributed by atoms with Crippen LogP contribution in [0.4, 0.5) is 5.13 Å². The molecule has 320 valence electrons. The number of nitrogens with zero attached hydrogens (tertiary/aromatic N) is 4. The van der Waals surface area contributed by atoms with Crippen molar-refractivity contribution in [3.63, 3.8) is 0 Å². The number of piperazine rings is 1. The number of nitrogens with one attached hydrogen (secondary N) is 3. The number of unbranched alkanes of at least 4 members (excludes halogenated alkanes) is 1. The van der Waals surface area contributed by atoms with Crippen LogP contribution in [0.5, 0.6) is 5.75 Å². The van der Waals surface area contributed by atoms with Crippen molar-refractivity contribution in [1.82, 2.24) is 30.4 Å². The molecular formula is C43H53N7O9S. The SMILES string of the molecule is CCCCC(Cc1c[nH]c2ccccc12)NC(=O)c1cnc(N2CCN(CCOCCOCCOCCOc3ccc4c(c3)C(=O)N(C3CCC(=O)NC3=O)C4=O)CC2)s1. The van der Waals surface area contributed by atoms with Gasteiger partial charge >= 0.3 is 0 Å². The maximum Gasteiger partial charge on any atom is 0.263 e. The predicted molar refractivity (Wildman–Crippen MR) is 225 cm³/mol. The van der Waals surface area contributed by atoms with Gasteiger partial charge in [-0.1, -0.05) is 49.3 Å². The fourth-order valence-electron chi connectivity index (χ4n) is 7.67. The minimum Gasteiger partial charge on any atom is -0.491 e. The van der Waals surface area contributed by atoms with Gasteiger partial charge in [0.25, 0.3) is 17.7 Å². The first-order chi connectivity index (χ1) is 29.3. The predicted octanol–water partition coefficient (Wildman–Crippen LogP) is 3.81. The molecule has 3 aliphatic rings. The van der Waals surface area contributed by atoms with Crippen molar-refractivity contribution in [2.75, 3.05) is 83.9 Å². The Labute approximate surface area is 352 Å². The summed E-state index contributed by atoms with van der Waals surface area (Å²) in [6, 6.07) is 11.9. The summed E-state index contributed by atoms with van der Waals surface area (Å²) in [7, 11) is 0. The minimum absolute atomic E-state index is 0.0481. The zero-order valence-corrected chi connectivity index (χ0v) is 34.8. The van der Waals surface area contributed by atoms with E-state index < -0.39 is 29.7 Å². The van der Waals surface area contributed by atoms with Crippen molar-refractivity contribution in [3.8, 4) is 5.75 Å². The number of carbonyl (C=O) groups is 5. The molecule has 7 rings (SSSR count). The highest BCUT2D eigenvalue weighted by atomic mass is 32.1. The largest absolute Gasteiger partial charge is 0.491 e. The molecule has 2 atom stereocenters. The Morgan fingerprint density at radius 3 is 2.42 bits per heavy atom. The number of rotatable bonds is 22. The summed E-state index contributed by atoms with van der Waals surface area (Å²) < 4.78 is 22.7. The molecule has 17 heteroatoms. The van der Waals surface area contributed by atoms with Gasteiger partial charge in [0, 0.05) is 62.3 Å². The number of anilines is 1. The van der Waals surface area contributed by atoms with E-state index in [1.807, 2.05) is 12.1 Å². The van der Waals surface area contributed by atoms with Gasteiger partial charge in [0.1, 0.15) is 23.3 Å². The lowest BCUT2D eigenvalue weighted by Gasteiger charge is -2.34. The van der Waals surface area contributed by atoms with Crippen LogP contribution in [0.15, 0.2) is 54.9 Å². The first kappa shape index (κ1) is 42.9. The second-order valence-electron chi connectivity index (χ2n) is 15.1. The molecule has 3 aliphatic heterocycles. The fourth-order valence-corrected chi connectivity index (χ4v) is 8.54. The third-order valence-corrected chi connectivity index (χ3v) is 12.0. The Morgan fingerprint density at radius 2 is 1.65 bits per heavy atom. The van der Waals surface area contributed by atoms with E-state index in [-0.39, 0.29) is 42.5 Å². The van der Waals surface area contributed by atoms with Crippen LogP contribution in [-0.2, 0) is 30.2 Å². The molecule has 0 radical (unpaired) electrons. The molecule has 0 saturated carbocycles. The van der Waals surface area contributed by atoms with Crippen LogP contribution in [0, 0.1) is 0 Å². The van der Waals surface area contributed by atoms with E-state index in [0.717, 1.165) is 74.0 Å². The Morgan fingerprint density at radius 1 is 0.917 bits per heavy atom. The van der Waals surface area contributed by atoms with E-state index in [1.165, 1.54) is 34.4 Å². The molecule has 2 aromatic heterocycles. The maximum atomic E-state index is 13.3. The zero-order valence-electron chi connectivity index (χ0n) is 34.0. The quantitative estimate of drug-likeness (QED) is 0.0770. The van der Waals surface area contributed by atoms with Crippen molar-refractivity contribution in [1.29, 1.82) is 0 Å². The number of para-hydroxylation sites is 1. The standard InChI is InChI=1S/C43H53N7O9S/c1-2-3-6-30(25-29-27-44-35-8-5-4-7-32(29)35)46-40(53)37-28-45-43(60-37)49-15-13-48(14-16-49)17-18-56-19-20-57-21-22-58-23-24-59-31-9-10-33-34(26-31)42(55)50(41(33)54)36-11-12-38(51)47-39(36)52/h4-5,7-10,26-28,30,36,44H,2-3,6,11-25H2,1H3,(H,46,53)(H,47,51,52). The summed E-state index contributed by atoms with van der Waals surface area (Å²) in [5.74, 6) is -1.87. The van der Waals surface area contributed by atoms with Crippen molar-refractivity contribution in [3.05, 3.63) is 76.4 Å². The molecule has 2 unspecified atom stereocenters. The zero-order chi connectivity index (χ0) is 41.8. The van der Waals surface area contributed by atoms with Crippen LogP contribution in [0.1, 0.15) is 75.0 Å². The maximum absolute atomic E-state index is 13.3. The topological polar surface area (TPSA) is 185 Å². The first-order valence-corrected chi connectivity index (χ1v) is 21.6. The number of thiazole rings is 1. The van der Waals surface area contributed by atoms with Gasteiger partial charge in [-0.05, 0) is 49.1 Å². The van der Waals surface area contributed by atoms with E-state index in [0.29, 0.717) is 50.3 Å². The van der Waals surface area contributed by atoms with Crippen LogP contribution in [0.25, 0.3) is 10.9 Å². The Hall–Kier alpha value is -5.20. The van der Waals surface area contributed by atoms with Gasteiger partial charge in [-0.25, -0.2) is 4.98 Å². The summed E-state index contributed by atoms with van der Waals surface area (Å²) in [5, 5.41) is 7.57. The number of ether oxygens (including phenoxy) is 4. The van der Waals surface area contributed by atoms with Crippen LogP contribution in [-0.4, -0.2) is 140 Å². The third kappa shape index (κ3) is 10.8. The normalized spacial score (nSPS) is 17.6. The molecule has 5 amide bonds. The van der Waals surface area contributed by atoms with Crippen molar-refractivity contribution in [2.45, 2.75) is 57.5 Å². The minimum atomic E-state index is -1.01. The number of imide groups is 2. The van der Waals surface area contributed by atoms with Gasteiger partial charge in [-0.3, -0.25) is 39.1 Å². The Bertz CT molecular complexity index is 2130. The van der Waals surface area contributed by atoms with E-state index in [1.54, 1.807) is 12.3 Å². The number of aromatic nitrogens is 2. The van der Waals surface area contributed by atoms with Crippen molar-refractivity contribution < 1.29 is 42.9 Å². The van der Waals surface area contributed by atoms with Gasteiger partial charge in [0.15, 0.2) is 5.13 Å². The van der Waals surface area contributed by atoms with Crippen LogP contribution < -0.4 is 20.3 Å². The molecule has 4 aromatic rings. The summed E-state index contributed by atoms with van der Waals surface area (Å²) >= 11 is 1.45. The molecule has 5 heterocycles. The highest BCUT2D eigenvalue weighted by molar-refractivity contribution is 7.17. The molecule has 2 saturated heterocycles. The number of H-pyrrole nitrogens is 1. The molecule has 60 heavy (non-hydrogen) atoms. The summed E-state index contributed by atoms with van der Waals surface area (Å²) in [5.41, 5.74) is 2.69. The number of piperidine rings is 1. The molecule has 2 fully saturated rings. The number of aromatic amines is 1. The van der Waals surface area contributed by atoms with E-state index in [2.05, 4.69) is 55.7 Å². The lowest BCUT2D eigenvalue weighted by atomic mass is 10.0. The monoisotopic (exact) mass is 843 g/mol. The third-order valence-electron chi connectivity index (χ3n) is 10.9. The van der Waals surface area contributed by atoms with Crippen molar-refractivity contribution in [2.24, 2.45) is 0 Å². The first-order valence-electron chi connectivity index (χ1n) is 20.8. The van der Waals surface area contributed by atoms with Gasteiger partial charge in [-0.15, -0.1) is 0 Å². The van der Waals surface area contributed by atoms with E-state index in [9.17, 15) is 24.0 Å². The van der Waals surface area contributed by atoms with E-state index in [4.69, 9.17) is 18.9 Å². The van der Waals surface area contributed by atoms with Gasteiger partial charge < -0.3 is 34.1 Å². The van der Waals surface area contributed by atoms with Gasteiger partial charge in [0.05, 0.1) is 57.0 Å². The van der Waals surface area contributed by atoms with Crippen LogP contribution in [0.2, 0.25) is 0 Å². The summed E-state index contributed by atoms with van der Waals surface area (Å²) in [6.45, 7) is 9.29. The highest BCUT2D eigenvalue weighted by Gasteiger charge is 2.44. The Balaban J connectivity index is 0.714. The fraction of sp³-hybridized carbons (Fsp3) is 0.488. The average molecular weight is 844 g/mol. The molecule has 3 N–H and O–H groups in total. The molecule has 16 nitrogen and oxygen atoms in total. The summed E-state index contributed by atoms with van der Waals surface area (Å²) in [4.78, 5) is 77.1. The lowest BCUT2D eigenvalue weighted by molar-refractivity contribution is -0.136. The number of carbonyl (C=O) groups excluding carboxylic acids is 5. The number of benzene rings is 2. The smallest absolute Gasteiger partial charge is 0.263 e. The molecule has 0 bridgehead atoms. The molecular weight excluding hydrogens is 791 g/mol. The second-order valence-corrected chi connectivity index (χ2v) is 16.1. The van der Waals surface area contributed by atoms with E-state index >= 15 is 0 Å². The van der Waals surface area contributed by atoms with Gasteiger partial charge in [0.2, 0.25) is 11.8 Å². The average Bonchev–Trinajstić information content (AvgIpc) is 3.98. The van der Waals surface area contributed by atoms with Gasteiger partial charge in [-0.2, -0.15) is 0 Å². The number of hydrogen-bond acceptors (Lipinski definition) is 13. The lowest BCUT2D eigenvalue weighted by Crippen LogP contribution is -2.54. The number of fused-ring (bicyclic) bond motifs is 2. The molecule has 2 aromatic carbocycles.